The van der Waals surface area contributed by atoms with Gasteiger partial charge in [0, 0.05) is 18.2 Å². The van der Waals surface area contributed by atoms with Crippen molar-refractivity contribution in [1.82, 2.24) is 10.6 Å². The number of piperidine rings is 1. The summed E-state index contributed by atoms with van der Waals surface area (Å²) in [6.45, 7) is 5.12. The van der Waals surface area contributed by atoms with Gasteiger partial charge < -0.3 is 10.6 Å². The molecule has 0 saturated carbocycles. The molecule has 0 aromatic heterocycles. The molecule has 20 heavy (non-hydrogen) atoms. The predicted molar refractivity (Wildman–Crippen MR) is 78.3 cm³/mol. The fraction of sp³-hybridized carbons (Fsp3) is 0.467. The third-order valence-electron chi connectivity index (χ3n) is 3.50. The van der Waals surface area contributed by atoms with Crippen LogP contribution in [0.15, 0.2) is 24.3 Å². The summed E-state index contributed by atoms with van der Waals surface area (Å²) in [6, 6.07) is 8.00. The van der Waals surface area contributed by atoms with E-state index in [9.17, 15) is 9.59 Å². The van der Waals surface area contributed by atoms with Crippen molar-refractivity contribution >= 4 is 17.5 Å². The molecular formula is C15H21N3O2. The lowest BCUT2D eigenvalue weighted by Crippen LogP contribution is -2.47. The summed E-state index contributed by atoms with van der Waals surface area (Å²) in [5.41, 5.74) is 2.10. The third-order valence-corrected chi connectivity index (χ3v) is 3.50. The number of carbonyl (C=O) groups is 2. The highest BCUT2D eigenvalue weighted by Gasteiger charge is 2.26. The molecule has 1 heterocycles. The normalized spacial score (nSPS) is 20.4. The molecule has 1 saturated heterocycles. The molecule has 1 unspecified atom stereocenters. The average molecular weight is 275 g/mol. The fourth-order valence-corrected chi connectivity index (χ4v) is 2.32. The lowest BCUT2D eigenvalue weighted by atomic mass is 10.0. The van der Waals surface area contributed by atoms with E-state index in [-0.39, 0.29) is 17.9 Å². The van der Waals surface area contributed by atoms with Crippen LogP contribution >= 0.6 is 0 Å². The highest BCUT2D eigenvalue weighted by Crippen LogP contribution is 2.18. The monoisotopic (exact) mass is 275 g/mol. The van der Waals surface area contributed by atoms with Crippen molar-refractivity contribution < 1.29 is 9.59 Å². The first kappa shape index (κ1) is 14.5. The Morgan fingerprint density at radius 1 is 1.30 bits per heavy atom. The number of hydrogen-bond acceptors (Lipinski definition) is 4. The Hall–Kier alpha value is -1.88. The lowest BCUT2D eigenvalue weighted by molar-refractivity contribution is -0.133. The first-order valence-corrected chi connectivity index (χ1v) is 7.03. The summed E-state index contributed by atoms with van der Waals surface area (Å²) in [6.07, 6.45) is 0.930. The molecule has 5 nitrogen and oxygen atoms in total. The second-order valence-electron chi connectivity index (χ2n) is 5.05. The van der Waals surface area contributed by atoms with E-state index >= 15 is 0 Å². The van der Waals surface area contributed by atoms with Gasteiger partial charge in [-0.3, -0.25) is 14.9 Å². The molecule has 1 aliphatic heterocycles. The Labute approximate surface area is 119 Å². The van der Waals surface area contributed by atoms with E-state index < -0.39 is 0 Å². The van der Waals surface area contributed by atoms with Crippen LogP contribution in [0.3, 0.4) is 0 Å². The van der Waals surface area contributed by atoms with Gasteiger partial charge in [0.1, 0.15) is 6.04 Å². The van der Waals surface area contributed by atoms with Crippen LogP contribution in [-0.2, 0) is 9.59 Å². The summed E-state index contributed by atoms with van der Waals surface area (Å²) in [5, 5.41) is 8.86. The van der Waals surface area contributed by atoms with Gasteiger partial charge in [-0.05, 0) is 37.6 Å². The molecule has 2 atom stereocenters. The van der Waals surface area contributed by atoms with Gasteiger partial charge in [-0.25, -0.2) is 0 Å². The number of anilines is 1. The molecule has 108 valence electrons. The molecule has 0 aliphatic carbocycles. The Bertz CT molecular complexity index is 484. The zero-order valence-corrected chi connectivity index (χ0v) is 11.9. The maximum Gasteiger partial charge on any atom is 0.249 e. The van der Waals surface area contributed by atoms with E-state index in [1.807, 2.05) is 24.3 Å². The minimum absolute atomic E-state index is 0.192. The molecule has 2 rings (SSSR count). The average Bonchev–Trinajstić information content (AvgIpc) is 2.43. The number of rotatable bonds is 5. The Morgan fingerprint density at radius 3 is 2.60 bits per heavy atom. The quantitative estimate of drug-likeness (QED) is 0.713. The van der Waals surface area contributed by atoms with Crippen molar-refractivity contribution in [3.05, 3.63) is 29.8 Å². The van der Waals surface area contributed by atoms with Crippen molar-refractivity contribution in [2.24, 2.45) is 0 Å². The van der Waals surface area contributed by atoms with E-state index in [0.717, 1.165) is 12.2 Å². The molecule has 2 amide bonds. The summed E-state index contributed by atoms with van der Waals surface area (Å²) in [5.74, 6) is -0.436. The van der Waals surface area contributed by atoms with Crippen LogP contribution < -0.4 is 16.0 Å². The van der Waals surface area contributed by atoms with Crippen molar-refractivity contribution in [2.75, 3.05) is 11.9 Å². The minimum atomic E-state index is -0.329. The van der Waals surface area contributed by atoms with Crippen molar-refractivity contribution in [3.8, 4) is 0 Å². The van der Waals surface area contributed by atoms with Gasteiger partial charge in [0.25, 0.3) is 0 Å². The summed E-state index contributed by atoms with van der Waals surface area (Å²) in [7, 11) is 0. The molecule has 0 bridgehead atoms. The highest BCUT2D eigenvalue weighted by atomic mass is 16.2. The lowest BCUT2D eigenvalue weighted by Gasteiger charge is -2.23. The summed E-state index contributed by atoms with van der Waals surface area (Å²) >= 11 is 0. The van der Waals surface area contributed by atoms with Crippen LogP contribution in [0.4, 0.5) is 5.69 Å². The van der Waals surface area contributed by atoms with Crippen molar-refractivity contribution in [1.29, 1.82) is 0 Å². The van der Waals surface area contributed by atoms with Crippen LogP contribution in [0.2, 0.25) is 0 Å². The zero-order chi connectivity index (χ0) is 14.5. The van der Waals surface area contributed by atoms with Gasteiger partial charge in [0.2, 0.25) is 11.8 Å². The van der Waals surface area contributed by atoms with Gasteiger partial charge in [0.15, 0.2) is 0 Å². The molecule has 0 radical (unpaired) electrons. The first-order valence-electron chi connectivity index (χ1n) is 7.03. The number of amides is 2. The van der Waals surface area contributed by atoms with Gasteiger partial charge in [0.05, 0.1) is 0 Å². The van der Waals surface area contributed by atoms with Gasteiger partial charge >= 0.3 is 0 Å². The van der Waals surface area contributed by atoms with Gasteiger partial charge in [-0.1, -0.05) is 19.1 Å². The summed E-state index contributed by atoms with van der Waals surface area (Å²) < 4.78 is 0. The third kappa shape index (κ3) is 3.57. The zero-order valence-electron chi connectivity index (χ0n) is 11.9. The maximum atomic E-state index is 11.7. The van der Waals surface area contributed by atoms with Crippen LogP contribution in [0.25, 0.3) is 0 Å². The molecule has 1 aromatic rings. The molecular weight excluding hydrogens is 254 g/mol. The molecule has 5 heteroatoms. The predicted octanol–water partition coefficient (Wildman–Crippen LogP) is 1.57. The second-order valence-corrected chi connectivity index (χ2v) is 5.05. The Balaban J connectivity index is 1.97. The van der Waals surface area contributed by atoms with Gasteiger partial charge in [-0.2, -0.15) is 0 Å². The largest absolute Gasteiger partial charge is 0.374 e. The van der Waals surface area contributed by atoms with E-state index in [1.165, 1.54) is 5.56 Å². The fourth-order valence-electron chi connectivity index (χ4n) is 2.32. The molecule has 0 spiro atoms. The number of nitrogens with one attached hydrogen (secondary N) is 3. The Kier molecular flexibility index (Phi) is 4.74. The highest BCUT2D eigenvalue weighted by molar-refractivity contribution is 6.01. The van der Waals surface area contributed by atoms with Crippen LogP contribution in [0.1, 0.15) is 38.3 Å². The van der Waals surface area contributed by atoms with Crippen molar-refractivity contribution in [3.63, 3.8) is 0 Å². The second kappa shape index (κ2) is 6.52. The van der Waals surface area contributed by atoms with Gasteiger partial charge in [-0.15, -0.1) is 0 Å². The smallest absolute Gasteiger partial charge is 0.249 e. The van der Waals surface area contributed by atoms with Crippen LogP contribution in [0, 0.1) is 0 Å². The number of hydrogen-bond donors (Lipinski definition) is 3. The number of benzene rings is 1. The topological polar surface area (TPSA) is 70.2 Å². The van der Waals surface area contributed by atoms with Crippen molar-refractivity contribution in [2.45, 2.75) is 38.8 Å². The SMILES string of the molecule is CCN[C@H](C)c1ccc(NC2CCC(=O)NC2=O)cc1. The number of carbonyl (C=O) groups excluding carboxylic acids is 2. The van der Waals surface area contributed by atoms with Crippen LogP contribution in [-0.4, -0.2) is 24.4 Å². The molecule has 1 fully saturated rings. The number of imide groups is 1. The molecule has 1 aromatic carbocycles. The maximum absolute atomic E-state index is 11.7. The molecule has 3 N–H and O–H groups in total. The van der Waals surface area contributed by atoms with E-state index in [2.05, 4.69) is 29.8 Å². The summed E-state index contributed by atoms with van der Waals surface area (Å²) in [4.78, 5) is 22.8. The Morgan fingerprint density at radius 2 is 2.00 bits per heavy atom. The standard InChI is InChI=1S/C15H21N3O2/c1-3-16-10(2)11-4-6-12(7-5-11)17-13-8-9-14(19)18-15(13)20/h4-7,10,13,16-17H,3,8-9H2,1-2H3,(H,18,19,20)/t10-,13?/m1/s1. The minimum Gasteiger partial charge on any atom is -0.374 e. The van der Waals surface area contributed by atoms with E-state index in [4.69, 9.17) is 0 Å². The van der Waals surface area contributed by atoms with E-state index in [0.29, 0.717) is 18.9 Å². The van der Waals surface area contributed by atoms with E-state index in [1.54, 1.807) is 0 Å². The molecule has 1 aliphatic rings. The first-order chi connectivity index (χ1) is 9.60. The van der Waals surface area contributed by atoms with Crippen LogP contribution in [0.5, 0.6) is 0 Å².